The zero-order chi connectivity index (χ0) is 12.5. The number of carbonyl (C=O) groups is 2. The minimum absolute atomic E-state index is 0.00587. The van der Waals surface area contributed by atoms with Gasteiger partial charge >= 0.3 is 0 Å². The fourth-order valence-electron chi connectivity index (χ4n) is 2.75. The van der Waals surface area contributed by atoms with Gasteiger partial charge in [0.2, 0.25) is 5.91 Å². The number of fused-ring (bicyclic) bond motifs is 1. The van der Waals surface area contributed by atoms with Gasteiger partial charge in [0.15, 0.2) is 0 Å². The zero-order valence-corrected chi connectivity index (χ0v) is 10.2. The number of rotatable bonds is 1. The molecule has 2 aliphatic heterocycles. The molecule has 18 heavy (non-hydrogen) atoms. The average molecular weight is 244 g/mol. The first-order valence-corrected chi connectivity index (χ1v) is 6.44. The zero-order valence-electron chi connectivity index (χ0n) is 10.2. The monoisotopic (exact) mass is 244 g/mol. The average Bonchev–Trinajstić information content (AvgIpc) is 2.57. The second-order valence-corrected chi connectivity index (χ2v) is 4.89. The summed E-state index contributed by atoms with van der Waals surface area (Å²) < 4.78 is 0. The highest BCUT2D eigenvalue weighted by atomic mass is 16.2. The molecule has 4 nitrogen and oxygen atoms in total. The Labute approximate surface area is 106 Å². The van der Waals surface area contributed by atoms with E-state index in [1.807, 2.05) is 24.3 Å². The lowest BCUT2D eigenvalue weighted by Gasteiger charge is -2.25. The van der Waals surface area contributed by atoms with Crippen LogP contribution in [0.25, 0.3) is 0 Å². The topological polar surface area (TPSA) is 49.4 Å². The van der Waals surface area contributed by atoms with Crippen molar-refractivity contribution in [3.8, 4) is 0 Å². The summed E-state index contributed by atoms with van der Waals surface area (Å²) in [6.45, 7) is 1.29. The van der Waals surface area contributed by atoms with Crippen LogP contribution < -0.4 is 5.32 Å². The highest BCUT2D eigenvalue weighted by molar-refractivity contribution is 6.01. The van der Waals surface area contributed by atoms with Crippen LogP contribution in [0.1, 0.15) is 35.2 Å². The van der Waals surface area contributed by atoms with Crippen molar-refractivity contribution in [2.75, 3.05) is 6.54 Å². The van der Waals surface area contributed by atoms with Crippen molar-refractivity contribution in [1.29, 1.82) is 0 Å². The largest absolute Gasteiger partial charge is 0.354 e. The standard InChI is InChI=1S/C14H16N2O2/c17-13-12(7-3-4-8-15-13)16-9-10-5-1-2-6-11(10)14(16)18/h1-2,5-6,12H,3-4,7-9H2,(H,15,17). The summed E-state index contributed by atoms with van der Waals surface area (Å²) in [4.78, 5) is 26.0. The molecule has 2 amide bonds. The maximum absolute atomic E-state index is 12.3. The minimum Gasteiger partial charge on any atom is -0.354 e. The highest BCUT2D eigenvalue weighted by Gasteiger charge is 2.36. The molecular formula is C14H16N2O2. The molecular weight excluding hydrogens is 228 g/mol. The number of nitrogens with one attached hydrogen (secondary N) is 1. The molecule has 0 radical (unpaired) electrons. The van der Waals surface area contributed by atoms with Crippen LogP contribution in [0.15, 0.2) is 24.3 Å². The van der Waals surface area contributed by atoms with E-state index < -0.39 is 0 Å². The molecule has 1 unspecified atom stereocenters. The van der Waals surface area contributed by atoms with E-state index in [1.165, 1.54) is 0 Å². The van der Waals surface area contributed by atoms with Gasteiger partial charge in [-0.1, -0.05) is 18.2 Å². The van der Waals surface area contributed by atoms with Gasteiger partial charge in [0, 0.05) is 18.7 Å². The van der Waals surface area contributed by atoms with Crippen LogP contribution in [-0.4, -0.2) is 29.3 Å². The quantitative estimate of drug-likeness (QED) is 0.809. The van der Waals surface area contributed by atoms with Gasteiger partial charge in [-0.05, 0) is 30.9 Å². The summed E-state index contributed by atoms with van der Waals surface area (Å²) in [5.41, 5.74) is 1.77. The van der Waals surface area contributed by atoms with E-state index in [0.717, 1.165) is 36.9 Å². The fraction of sp³-hybridized carbons (Fsp3) is 0.429. The van der Waals surface area contributed by atoms with E-state index in [4.69, 9.17) is 0 Å². The van der Waals surface area contributed by atoms with Gasteiger partial charge in [-0.25, -0.2) is 0 Å². The first kappa shape index (κ1) is 11.3. The van der Waals surface area contributed by atoms with Gasteiger partial charge in [0.05, 0.1) is 0 Å². The summed E-state index contributed by atoms with van der Waals surface area (Å²) >= 11 is 0. The Kier molecular flexibility index (Phi) is 2.78. The summed E-state index contributed by atoms with van der Waals surface area (Å²) in [5, 5.41) is 2.89. The molecule has 94 valence electrons. The summed E-state index contributed by atoms with van der Waals surface area (Å²) in [5.74, 6) is -0.0127. The first-order valence-electron chi connectivity index (χ1n) is 6.44. The van der Waals surface area contributed by atoms with Gasteiger partial charge in [-0.2, -0.15) is 0 Å². The molecule has 1 N–H and O–H groups in total. The number of nitrogens with zero attached hydrogens (tertiary/aromatic N) is 1. The predicted molar refractivity (Wildman–Crippen MR) is 67.0 cm³/mol. The lowest BCUT2D eigenvalue weighted by molar-refractivity contribution is -0.125. The van der Waals surface area contributed by atoms with Crippen LogP contribution in [0.3, 0.4) is 0 Å². The van der Waals surface area contributed by atoms with Gasteiger partial charge in [0.25, 0.3) is 5.91 Å². The maximum Gasteiger partial charge on any atom is 0.255 e. The molecule has 1 saturated heterocycles. The number of hydrogen-bond acceptors (Lipinski definition) is 2. The van der Waals surface area contributed by atoms with Crippen LogP contribution in [0, 0.1) is 0 Å². The molecule has 1 fully saturated rings. The molecule has 0 saturated carbocycles. The third-order valence-corrected chi connectivity index (χ3v) is 3.73. The van der Waals surface area contributed by atoms with Crippen molar-refractivity contribution in [3.05, 3.63) is 35.4 Å². The van der Waals surface area contributed by atoms with E-state index in [2.05, 4.69) is 5.32 Å². The molecule has 2 aliphatic rings. The number of amides is 2. The Hall–Kier alpha value is -1.84. The first-order chi connectivity index (χ1) is 8.77. The van der Waals surface area contributed by atoms with Crippen molar-refractivity contribution in [2.45, 2.75) is 31.8 Å². The highest BCUT2D eigenvalue weighted by Crippen LogP contribution is 2.26. The van der Waals surface area contributed by atoms with Crippen LogP contribution in [0.5, 0.6) is 0 Å². The van der Waals surface area contributed by atoms with E-state index in [-0.39, 0.29) is 17.9 Å². The Morgan fingerprint density at radius 3 is 2.83 bits per heavy atom. The van der Waals surface area contributed by atoms with E-state index >= 15 is 0 Å². The van der Waals surface area contributed by atoms with E-state index in [1.54, 1.807) is 4.90 Å². The van der Waals surface area contributed by atoms with Crippen LogP contribution in [0.2, 0.25) is 0 Å². The maximum atomic E-state index is 12.3. The third-order valence-electron chi connectivity index (χ3n) is 3.73. The molecule has 1 atom stereocenters. The Bertz CT molecular complexity index is 498. The van der Waals surface area contributed by atoms with Crippen molar-refractivity contribution in [1.82, 2.24) is 10.2 Å². The van der Waals surface area contributed by atoms with Gasteiger partial charge in [-0.15, -0.1) is 0 Å². The van der Waals surface area contributed by atoms with Gasteiger partial charge in [-0.3, -0.25) is 9.59 Å². The smallest absolute Gasteiger partial charge is 0.255 e. The lowest BCUT2D eigenvalue weighted by Crippen LogP contribution is -2.45. The third kappa shape index (κ3) is 1.78. The van der Waals surface area contributed by atoms with Crippen molar-refractivity contribution >= 4 is 11.8 Å². The molecule has 1 aromatic rings. The molecule has 0 aromatic heterocycles. The molecule has 0 aliphatic carbocycles. The second kappa shape index (κ2) is 4.44. The van der Waals surface area contributed by atoms with Crippen LogP contribution >= 0.6 is 0 Å². The second-order valence-electron chi connectivity index (χ2n) is 4.89. The fourth-order valence-corrected chi connectivity index (χ4v) is 2.75. The van der Waals surface area contributed by atoms with Crippen LogP contribution in [-0.2, 0) is 11.3 Å². The molecule has 0 bridgehead atoms. The van der Waals surface area contributed by atoms with Gasteiger partial charge < -0.3 is 10.2 Å². The Morgan fingerprint density at radius 1 is 1.17 bits per heavy atom. The van der Waals surface area contributed by atoms with E-state index in [9.17, 15) is 9.59 Å². The molecule has 0 spiro atoms. The summed E-state index contributed by atoms with van der Waals surface area (Å²) in [6, 6.07) is 7.30. The Morgan fingerprint density at radius 2 is 2.00 bits per heavy atom. The van der Waals surface area contributed by atoms with Crippen molar-refractivity contribution in [3.63, 3.8) is 0 Å². The summed E-state index contributed by atoms with van der Waals surface area (Å²) in [6.07, 6.45) is 2.76. The molecule has 2 heterocycles. The normalized spacial score (nSPS) is 23.6. The molecule has 1 aromatic carbocycles. The lowest BCUT2D eigenvalue weighted by atomic mass is 10.1. The number of benzene rings is 1. The predicted octanol–water partition coefficient (Wildman–Crippen LogP) is 1.31. The summed E-state index contributed by atoms with van der Waals surface area (Å²) in [7, 11) is 0. The van der Waals surface area contributed by atoms with Crippen molar-refractivity contribution < 1.29 is 9.59 Å². The number of carbonyl (C=O) groups excluding carboxylic acids is 2. The molecule has 4 heteroatoms. The van der Waals surface area contributed by atoms with Crippen LogP contribution in [0.4, 0.5) is 0 Å². The SMILES string of the molecule is O=C1NCCCCC1N1Cc2ccccc2C1=O. The minimum atomic E-state index is -0.299. The Balaban J connectivity index is 1.87. The molecule has 3 rings (SSSR count). The van der Waals surface area contributed by atoms with E-state index in [0.29, 0.717) is 6.54 Å². The van der Waals surface area contributed by atoms with Gasteiger partial charge in [0.1, 0.15) is 6.04 Å². The van der Waals surface area contributed by atoms with Crippen molar-refractivity contribution in [2.24, 2.45) is 0 Å². The number of hydrogen-bond donors (Lipinski definition) is 1.